The number of halogens is 1. The van der Waals surface area contributed by atoms with E-state index in [1.807, 2.05) is 0 Å². The minimum absolute atomic E-state index is 0. The Balaban J connectivity index is 0.00000200. The van der Waals surface area contributed by atoms with Crippen LogP contribution in [0, 0.1) is 11.8 Å². The van der Waals surface area contributed by atoms with Gasteiger partial charge in [-0.15, -0.1) is 12.4 Å². The SMILES string of the molecule is CC1NCCCC1C(=O)N1CCC(CN(C)C)CC1.Cl. The van der Waals surface area contributed by atoms with E-state index >= 15 is 0 Å². The second-order valence-electron chi connectivity index (χ2n) is 6.52. The summed E-state index contributed by atoms with van der Waals surface area (Å²) < 4.78 is 0. The monoisotopic (exact) mass is 303 g/mol. The summed E-state index contributed by atoms with van der Waals surface area (Å²) in [6.45, 7) is 6.29. The lowest BCUT2D eigenvalue weighted by molar-refractivity contribution is -0.138. The van der Waals surface area contributed by atoms with E-state index in [-0.39, 0.29) is 18.3 Å². The Labute approximate surface area is 129 Å². The van der Waals surface area contributed by atoms with Crippen molar-refractivity contribution in [3.63, 3.8) is 0 Å². The lowest BCUT2D eigenvalue weighted by atomic mass is 9.89. The Bertz CT molecular complexity index is 303. The van der Waals surface area contributed by atoms with Crippen LogP contribution >= 0.6 is 12.4 Å². The molecule has 0 aromatic carbocycles. The predicted octanol–water partition coefficient (Wildman–Crippen LogP) is 1.60. The number of rotatable bonds is 3. The number of hydrogen-bond acceptors (Lipinski definition) is 3. The highest BCUT2D eigenvalue weighted by atomic mass is 35.5. The van der Waals surface area contributed by atoms with Gasteiger partial charge in [0.25, 0.3) is 0 Å². The van der Waals surface area contributed by atoms with Gasteiger partial charge in [0.2, 0.25) is 5.91 Å². The van der Waals surface area contributed by atoms with E-state index in [1.54, 1.807) is 0 Å². The molecule has 4 nitrogen and oxygen atoms in total. The van der Waals surface area contributed by atoms with E-state index in [9.17, 15) is 4.79 Å². The van der Waals surface area contributed by atoms with Crippen molar-refractivity contribution in [3.8, 4) is 0 Å². The average molecular weight is 304 g/mol. The summed E-state index contributed by atoms with van der Waals surface area (Å²) in [5.74, 6) is 1.36. The second-order valence-corrected chi connectivity index (χ2v) is 6.52. The Morgan fingerprint density at radius 3 is 2.45 bits per heavy atom. The smallest absolute Gasteiger partial charge is 0.227 e. The summed E-state index contributed by atoms with van der Waals surface area (Å²) >= 11 is 0. The molecule has 0 aliphatic carbocycles. The van der Waals surface area contributed by atoms with E-state index in [1.165, 1.54) is 12.8 Å². The zero-order chi connectivity index (χ0) is 13.8. The molecule has 2 rings (SSSR count). The van der Waals surface area contributed by atoms with Crippen LogP contribution in [0.4, 0.5) is 0 Å². The Morgan fingerprint density at radius 2 is 1.90 bits per heavy atom. The zero-order valence-corrected chi connectivity index (χ0v) is 13.9. The van der Waals surface area contributed by atoms with Crippen LogP contribution in [0.2, 0.25) is 0 Å². The van der Waals surface area contributed by atoms with Gasteiger partial charge in [-0.05, 0) is 59.2 Å². The first-order chi connectivity index (χ1) is 9.08. The van der Waals surface area contributed by atoms with E-state index in [4.69, 9.17) is 0 Å². The molecule has 2 heterocycles. The molecule has 0 spiro atoms. The summed E-state index contributed by atoms with van der Waals surface area (Å²) in [7, 11) is 4.26. The van der Waals surface area contributed by atoms with Crippen molar-refractivity contribution in [2.45, 2.75) is 38.6 Å². The van der Waals surface area contributed by atoms with Crippen molar-refractivity contribution in [2.75, 3.05) is 40.3 Å². The number of nitrogens with one attached hydrogen (secondary N) is 1. The fourth-order valence-corrected chi connectivity index (χ4v) is 3.47. The third-order valence-electron chi connectivity index (χ3n) is 4.63. The number of carbonyl (C=O) groups is 1. The molecule has 0 aromatic heterocycles. The lowest BCUT2D eigenvalue weighted by Gasteiger charge is -2.38. The molecule has 0 aromatic rings. The zero-order valence-electron chi connectivity index (χ0n) is 13.1. The molecule has 2 fully saturated rings. The Hall–Kier alpha value is -0.320. The van der Waals surface area contributed by atoms with Gasteiger partial charge >= 0.3 is 0 Å². The topological polar surface area (TPSA) is 35.6 Å². The summed E-state index contributed by atoms with van der Waals surface area (Å²) in [4.78, 5) is 16.9. The van der Waals surface area contributed by atoms with Crippen molar-refractivity contribution in [3.05, 3.63) is 0 Å². The highest BCUT2D eigenvalue weighted by Gasteiger charge is 2.32. The van der Waals surface area contributed by atoms with Crippen LogP contribution < -0.4 is 5.32 Å². The van der Waals surface area contributed by atoms with Gasteiger partial charge in [0.1, 0.15) is 0 Å². The van der Waals surface area contributed by atoms with Crippen LogP contribution in [0.3, 0.4) is 0 Å². The number of carbonyl (C=O) groups excluding carboxylic acids is 1. The summed E-state index contributed by atoms with van der Waals surface area (Å²) in [6.07, 6.45) is 4.53. The molecular weight excluding hydrogens is 274 g/mol. The molecular formula is C15H30ClN3O. The number of nitrogens with zero attached hydrogens (tertiary/aromatic N) is 2. The van der Waals surface area contributed by atoms with Gasteiger partial charge in [-0.3, -0.25) is 4.79 Å². The van der Waals surface area contributed by atoms with Gasteiger partial charge < -0.3 is 15.1 Å². The molecule has 2 unspecified atom stereocenters. The minimum atomic E-state index is 0. The van der Waals surface area contributed by atoms with Crippen LogP contribution in [-0.2, 0) is 4.79 Å². The first-order valence-electron chi connectivity index (χ1n) is 7.75. The maximum absolute atomic E-state index is 12.6. The Kier molecular flexibility index (Phi) is 7.27. The maximum Gasteiger partial charge on any atom is 0.227 e. The fourth-order valence-electron chi connectivity index (χ4n) is 3.47. The molecule has 2 atom stereocenters. The molecule has 0 saturated carbocycles. The van der Waals surface area contributed by atoms with Gasteiger partial charge in [0.05, 0.1) is 5.92 Å². The van der Waals surface area contributed by atoms with E-state index in [0.29, 0.717) is 11.9 Å². The lowest BCUT2D eigenvalue weighted by Crippen LogP contribution is -2.50. The molecule has 118 valence electrons. The standard InChI is InChI=1S/C15H29N3O.ClH/c1-12-14(5-4-8-16-12)15(19)18-9-6-13(7-10-18)11-17(2)3;/h12-14,16H,4-11H2,1-3H3;1H. The van der Waals surface area contributed by atoms with Crippen LogP contribution in [-0.4, -0.2) is 62.0 Å². The Morgan fingerprint density at radius 1 is 1.25 bits per heavy atom. The third-order valence-corrected chi connectivity index (χ3v) is 4.63. The van der Waals surface area contributed by atoms with Gasteiger partial charge in [0, 0.05) is 25.7 Å². The second kappa shape index (κ2) is 8.20. The van der Waals surface area contributed by atoms with Crippen molar-refractivity contribution in [1.29, 1.82) is 0 Å². The molecule has 5 heteroatoms. The summed E-state index contributed by atoms with van der Waals surface area (Å²) in [5.41, 5.74) is 0. The minimum Gasteiger partial charge on any atom is -0.342 e. The van der Waals surface area contributed by atoms with Gasteiger partial charge in [0.15, 0.2) is 0 Å². The average Bonchev–Trinajstić information content (AvgIpc) is 2.39. The number of hydrogen-bond donors (Lipinski definition) is 1. The molecule has 1 N–H and O–H groups in total. The van der Waals surface area contributed by atoms with Crippen LogP contribution in [0.15, 0.2) is 0 Å². The van der Waals surface area contributed by atoms with Gasteiger partial charge in [-0.25, -0.2) is 0 Å². The van der Waals surface area contributed by atoms with Crippen LogP contribution in [0.5, 0.6) is 0 Å². The number of piperidine rings is 2. The quantitative estimate of drug-likeness (QED) is 0.860. The van der Waals surface area contributed by atoms with Crippen molar-refractivity contribution in [2.24, 2.45) is 11.8 Å². The summed E-state index contributed by atoms with van der Waals surface area (Å²) in [6, 6.07) is 0.348. The first-order valence-corrected chi connectivity index (χ1v) is 7.75. The number of amides is 1. The molecule has 1 amide bonds. The summed E-state index contributed by atoms with van der Waals surface area (Å²) in [5, 5.41) is 3.43. The number of likely N-dealkylation sites (tertiary alicyclic amines) is 1. The van der Waals surface area contributed by atoms with E-state index < -0.39 is 0 Å². The molecule has 0 bridgehead atoms. The molecule has 0 radical (unpaired) electrons. The van der Waals surface area contributed by atoms with Crippen LogP contribution in [0.1, 0.15) is 32.6 Å². The predicted molar refractivity (Wildman–Crippen MR) is 85.3 cm³/mol. The van der Waals surface area contributed by atoms with E-state index in [0.717, 1.165) is 44.9 Å². The largest absolute Gasteiger partial charge is 0.342 e. The van der Waals surface area contributed by atoms with Crippen molar-refractivity contribution >= 4 is 18.3 Å². The van der Waals surface area contributed by atoms with Crippen LogP contribution in [0.25, 0.3) is 0 Å². The molecule has 2 aliphatic rings. The van der Waals surface area contributed by atoms with Gasteiger partial charge in [-0.1, -0.05) is 0 Å². The normalized spacial score (nSPS) is 28.3. The van der Waals surface area contributed by atoms with Crippen molar-refractivity contribution < 1.29 is 4.79 Å². The maximum atomic E-state index is 12.6. The highest BCUT2D eigenvalue weighted by Crippen LogP contribution is 2.23. The van der Waals surface area contributed by atoms with Crippen molar-refractivity contribution in [1.82, 2.24) is 15.1 Å². The van der Waals surface area contributed by atoms with E-state index in [2.05, 4.69) is 36.1 Å². The van der Waals surface area contributed by atoms with Gasteiger partial charge in [-0.2, -0.15) is 0 Å². The highest BCUT2D eigenvalue weighted by molar-refractivity contribution is 5.85. The molecule has 2 aliphatic heterocycles. The molecule has 2 saturated heterocycles. The first kappa shape index (κ1) is 17.7. The third kappa shape index (κ3) is 4.61. The fraction of sp³-hybridized carbons (Fsp3) is 0.933. The molecule has 20 heavy (non-hydrogen) atoms.